The summed E-state index contributed by atoms with van der Waals surface area (Å²) in [6.07, 6.45) is 7.26. The molecule has 0 N–H and O–H groups in total. The zero-order valence-corrected chi connectivity index (χ0v) is 5.70. The third kappa shape index (κ3) is 1.12. The van der Waals surface area contributed by atoms with Crippen LogP contribution in [0.5, 0.6) is 0 Å². The summed E-state index contributed by atoms with van der Waals surface area (Å²) in [7, 11) is 0. The van der Waals surface area contributed by atoms with Gasteiger partial charge >= 0.3 is 0 Å². The summed E-state index contributed by atoms with van der Waals surface area (Å²) in [6, 6.07) is 0. The van der Waals surface area contributed by atoms with Gasteiger partial charge in [0.15, 0.2) is 0 Å². The van der Waals surface area contributed by atoms with Crippen molar-refractivity contribution >= 4 is 0 Å². The lowest BCUT2D eigenvalue weighted by Gasteiger charge is -2.15. The third-order valence-corrected chi connectivity index (χ3v) is 1.96. The van der Waals surface area contributed by atoms with Crippen LogP contribution < -0.4 is 0 Å². The zero-order chi connectivity index (χ0) is 5.98. The van der Waals surface area contributed by atoms with Gasteiger partial charge in [0.05, 0.1) is 0 Å². The van der Waals surface area contributed by atoms with Crippen LogP contribution in [0, 0.1) is 12.0 Å². The number of hydrogen-bond acceptors (Lipinski definition) is 0. The van der Waals surface area contributed by atoms with Gasteiger partial charge in [-0.05, 0) is 38.2 Å². The van der Waals surface area contributed by atoms with Crippen LogP contribution in [-0.2, 0) is 0 Å². The van der Waals surface area contributed by atoms with Gasteiger partial charge in [-0.1, -0.05) is 12.5 Å². The Kier molecular flexibility index (Phi) is 1.72. The Morgan fingerprint density at radius 2 is 2.38 bits per heavy atom. The Hall–Kier alpha value is -0.260. The van der Waals surface area contributed by atoms with Gasteiger partial charge < -0.3 is 0 Å². The molecule has 0 aromatic carbocycles. The highest BCUT2D eigenvalue weighted by Gasteiger charge is 2.07. The highest BCUT2D eigenvalue weighted by atomic mass is 14.1. The van der Waals surface area contributed by atoms with Gasteiger partial charge in [-0.3, -0.25) is 0 Å². The van der Waals surface area contributed by atoms with Crippen LogP contribution in [0.1, 0.15) is 33.1 Å². The first-order chi connectivity index (χ1) is 3.80. The largest absolute Gasteiger partial charge is 0.0670 e. The summed E-state index contributed by atoms with van der Waals surface area (Å²) in [4.78, 5) is 0. The Labute approximate surface area is 51.6 Å². The minimum Gasteiger partial charge on any atom is -0.0670 e. The molecule has 1 atom stereocenters. The second-order valence-corrected chi connectivity index (χ2v) is 2.65. The highest BCUT2D eigenvalue weighted by molar-refractivity contribution is 4.99. The molecule has 0 aromatic heterocycles. The Bertz CT molecular complexity index is 101. The van der Waals surface area contributed by atoms with Crippen LogP contribution in [-0.4, -0.2) is 0 Å². The van der Waals surface area contributed by atoms with Crippen LogP contribution >= 0.6 is 0 Å². The van der Waals surface area contributed by atoms with Crippen LogP contribution in [0.3, 0.4) is 0 Å². The first-order valence-corrected chi connectivity index (χ1v) is 3.38. The average molecular weight is 109 g/mol. The van der Waals surface area contributed by atoms with Crippen molar-refractivity contribution in [2.45, 2.75) is 33.1 Å². The van der Waals surface area contributed by atoms with Gasteiger partial charge in [0, 0.05) is 0 Å². The number of allylic oxidation sites excluding steroid dienone is 2. The molecule has 0 nitrogen and oxygen atoms in total. The maximum absolute atomic E-state index is 3.35. The predicted octanol–water partition coefficient (Wildman–Crippen LogP) is 2.56. The molecule has 1 aliphatic carbocycles. The fourth-order valence-corrected chi connectivity index (χ4v) is 1.08. The van der Waals surface area contributed by atoms with Crippen LogP contribution in [0.25, 0.3) is 0 Å². The molecule has 45 valence electrons. The molecule has 0 heteroatoms. The van der Waals surface area contributed by atoms with Crippen molar-refractivity contribution in [3.8, 4) is 0 Å². The summed E-state index contributed by atoms with van der Waals surface area (Å²) < 4.78 is 0. The van der Waals surface area contributed by atoms with Gasteiger partial charge in [-0.15, -0.1) is 0 Å². The molecule has 0 aliphatic heterocycles. The van der Waals surface area contributed by atoms with Crippen molar-refractivity contribution in [1.82, 2.24) is 0 Å². The second-order valence-electron chi connectivity index (χ2n) is 2.65. The summed E-state index contributed by atoms with van der Waals surface area (Å²) in [5, 5.41) is 0. The Morgan fingerprint density at radius 1 is 1.62 bits per heavy atom. The van der Waals surface area contributed by atoms with Crippen molar-refractivity contribution in [3.63, 3.8) is 0 Å². The molecule has 0 bridgehead atoms. The summed E-state index contributed by atoms with van der Waals surface area (Å²) in [5.74, 6) is 0.809. The molecule has 1 radical (unpaired) electrons. The van der Waals surface area contributed by atoms with E-state index in [4.69, 9.17) is 0 Å². The summed E-state index contributed by atoms with van der Waals surface area (Å²) >= 11 is 0. The fraction of sp³-hybridized carbons (Fsp3) is 0.750. The molecule has 0 saturated carbocycles. The lowest BCUT2D eigenvalue weighted by atomic mass is 9.91. The van der Waals surface area contributed by atoms with Gasteiger partial charge in [0.2, 0.25) is 0 Å². The van der Waals surface area contributed by atoms with E-state index >= 15 is 0 Å². The molecule has 0 amide bonds. The molecular weight excluding hydrogens is 96.1 g/mol. The smallest absolute Gasteiger partial charge is 0.0228 e. The average Bonchev–Trinajstić information content (AvgIpc) is 1.77. The van der Waals surface area contributed by atoms with E-state index < -0.39 is 0 Å². The maximum atomic E-state index is 3.35. The first-order valence-electron chi connectivity index (χ1n) is 3.38. The van der Waals surface area contributed by atoms with Crippen molar-refractivity contribution in [2.75, 3.05) is 0 Å². The van der Waals surface area contributed by atoms with Gasteiger partial charge in [0.25, 0.3) is 0 Å². The fourth-order valence-electron chi connectivity index (χ4n) is 1.08. The predicted molar refractivity (Wildman–Crippen MR) is 35.4 cm³/mol. The first kappa shape index (κ1) is 5.87. The Balaban J connectivity index is 2.53. The molecule has 0 spiro atoms. The van der Waals surface area contributed by atoms with Gasteiger partial charge in [-0.2, -0.15) is 0 Å². The summed E-state index contributed by atoms with van der Waals surface area (Å²) in [5.41, 5.74) is 1.47. The van der Waals surface area contributed by atoms with E-state index in [0.29, 0.717) is 0 Å². The van der Waals surface area contributed by atoms with Crippen molar-refractivity contribution in [1.29, 1.82) is 0 Å². The molecule has 1 rings (SSSR count). The lowest BCUT2D eigenvalue weighted by Crippen LogP contribution is -2.00. The molecule has 8 heavy (non-hydrogen) atoms. The van der Waals surface area contributed by atoms with E-state index in [1.165, 1.54) is 24.8 Å². The van der Waals surface area contributed by atoms with E-state index in [9.17, 15) is 0 Å². The standard InChI is InChI=1S/C8H13/c1-7-5-3-4-6-8(7)2/h7H,3-5H2,1-2H3. The van der Waals surface area contributed by atoms with E-state index in [1.54, 1.807) is 0 Å². The topological polar surface area (TPSA) is 0 Å². The SMILES string of the molecule is CC1=[C]CCCC1C. The molecule has 0 fully saturated rings. The van der Waals surface area contributed by atoms with E-state index in [2.05, 4.69) is 19.9 Å². The molecule has 1 aliphatic rings. The van der Waals surface area contributed by atoms with E-state index in [-0.39, 0.29) is 0 Å². The monoisotopic (exact) mass is 109 g/mol. The molecule has 1 unspecified atom stereocenters. The zero-order valence-electron chi connectivity index (χ0n) is 5.70. The Morgan fingerprint density at radius 3 is 2.75 bits per heavy atom. The second kappa shape index (κ2) is 2.34. The van der Waals surface area contributed by atoms with Crippen LogP contribution in [0.15, 0.2) is 5.57 Å². The minimum atomic E-state index is 0.809. The molecular formula is C8H13. The number of hydrogen-bond donors (Lipinski definition) is 0. The normalized spacial score (nSPS) is 29.8. The number of rotatable bonds is 0. The maximum Gasteiger partial charge on any atom is -0.0228 e. The van der Waals surface area contributed by atoms with Crippen molar-refractivity contribution in [3.05, 3.63) is 11.6 Å². The van der Waals surface area contributed by atoms with Crippen LogP contribution in [0.2, 0.25) is 0 Å². The lowest BCUT2D eigenvalue weighted by molar-refractivity contribution is 0.544. The van der Waals surface area contributed by atoms with Crippen LogP contribution in [0.4, 0.5) is 0 Å². The molecule has 0 saturated heterocycles. The van der Waals surface area contributed by atoms with E-state index in [1.807, 2.05) is 0 Å². The third-order valence-electron chi connectivity index (χ3n) is 1.96. The quantitative estimate of drug-likeness (QED) is 0.448. The van der Waals surface area contributed by atoms with Gasteiger partial charge in [0.1, 0.15) is 0 Å². The van der Waals surface area contributed by atoms with E-state index in [0.717, 1.165) is 5.92 Å². The van der Waals surface area contributed by atoms with Crippen molar-refractivity contribution in [2.24, 2.45) is 5.92 Å². The molecule has 0 heterocycles. The highest BCUT2D eigenvalue weighted by Crippen LogP contribution is 2.22. The van der Waals surface area contributed by atoms with Crippen molar-refractivity contribution < 1.29 is 0 Å². The van der Waals surface area contributed by atoms with Gasteiger partial charge in [-0.25, -0.2) is 0 Å². The minimum absolute atomic E-state index is 0.809. The molecule has 0 aromatic rings. The summed E-state index contributed by atoms with van der Waals surface area (Å²) in [6.45, 7) is 4.46.